The Labute approximate surface area is 174 Å². The zero-order valence-electron chi connectivity index (χ0n) is 17.3. The van der Waals surface area contributed by atoms with E-state index in [0.29, 0.717) is 46.4 Å². The van der Waals surface area contributed by atoms with E-state index in [2.05, 4.69) is 6.08 Å². The van der Waals surface area contributed by atoms with Crippen molar-refractivity contribution in [3.8, 4) is 34.3 Å². The highest BCUT2D eigenvalue weighted by molar-refractivity contribution is 5.90. The van der Waals surface area contributed by atoms with E-state index in [9.17, 15) is 20.4 Å². The number of aliphatic hydroxyl groups is 1. The van der Waals surface area contributed by atoms with E-state index in [1.54, 1.807) is 6.07 Å². The van der Waals surface area contributed by atoms with Gasteiger partial charge in [-0.25, -0.2) is 0 Å². The predicted octanol–water partition coefficient (Wildman–Crippen LogP) is 5.02. The Balaban J connectivity index is 1.75. The minimum atomic E-state index is -0.812. The van der Waals surface area contributed by atoms with Gasteiger partial charge in [0.15, 0.2) is 11.5 Å². The Morgan fingerprint density at radius 2 is 1.80 bits per heavy atom. The second-order valence-electron chi connectivity index (χ2n) is 8.42. The lowest BCUT2D eigenvalue weighted by Gasteiger charge is -2.40. The number of aromatic hydroxyl groups is 3. The SMILES string of the molecule is CC(C)=CCC[C@]1(C)Oc2c(O)cc3oc(-c4cc(O)cc(O)c4)cc3c2C[C@@H]1O. The van der Waals surface area contributed by atoms with Crippen LogP contribution in [0.5, 0.6) is 23.0 Å². The summed E-state index contributed by atoms with van der Waals surface area (Å²) in [5.74, 6) is 0.578. The van der Waals surface area contributed by atoms with Crippen LogP contribution in [0, 0.1) is 0 Å². The molecule has 30 heavy (non-hydrogen) atoms. The first-order valence-electron chi connectivity index (χ1n) is 9.98. The summed E-state index contributed by atoms with van der Waals surface area (Å²) < 4.78 is 12.0. The number of ether oxygens (including phenoxy) is 1. The summed E-state index contributed by atoms with van der Waals surface area (Å²) >= 11 is 0. The zero-order valence-corrected chi connectivity index (χ0v) is 17.3. The number of phenols is 3. The molecule has 1 aliphatic heterocycles. The molecule has 1 aromatic heterocycles. The van der Waals surface area contributed by atoms with Crippen LogP contribution in [-0.4, -0.2) is 32.1 Å². The summed E-state index contributed by atoms with van der Waals surface area (Å²) in [6.45, 7) is 5.92. The highest BCUT2D eigenvalue weighted by Gasteiger charge is 2.41. The lowest BCUT2D eigenvalue weighted by atomic mass is 9.84. The molecule has 158 valence electrons. The topological polar surface area (TPSA) is 103 Å². The summed E-state index contributed by atoms with van der Waals surface area (Å²) in [4.78, 5) is 0. The lowest BCUT2D eigenvalue weighted by molar-refractivity contribution is -0.0596. The number of phenolic OH excluding ortho intramolecular Hbond substituents is 3. The Bertz CT molecular complexity index is 1120. The molecule has 0 spiro atoms. The fraction of sp³-hybridized carbons (Fsp3) is 0.333. The Hall–Kier alpha value is -3.12. The maximum Gasteiger partial charge on any atom is 0.166 e. The largest absolute Gasteiger partial charge is 0.508 e. The molecule has 0 aliphatic carbocycles. The molecule has 0 amide bonds. The Morgan fingerprint density at radius 3 is 2.47 bits per heavy atom. The third kappa shape index (κ3) is 3.59. The molecule has 2 aromatic carbocycles. The third-order valence-corrected chi connectivity index (χ3v) is 5.68. The number of fused-ring (bicyclic) bond motifs is 3. The van der Waals surface area contributed by atoms with Crippen LogP contribution >= 0.6 is 0 Å². The fourth-order valence-electron chi connectivity index (χ4n) is 3.99. The van der Waals surface area contributed by atoms with E-state index in [1.165, 1.54) is 29.8 Å². The molecule has 4 rings (SSSR count). The molecule has 0 radical (unpaired) electrons. The van der Waals surface area contributed by atoms with Gasteiger partial charge >= 0.3 is 0 Å². The summed E-state index contributed by atoms with van der Waals surface area (Å²) in [5, 5.41) is 41.7. The fourth-order valence-corrected chi connectivity index (χ4v) is 3.99. The highest BCUT2D eigenvalue weighted by atomic mass is 16.5. The van der Waals surface area contributed by atoms with Gasteiger partial charge in [0.2, 0.25) is 0 Å². The van der Waals surface area contributed by atoms with Crippen molar-refractivity contribution in [3.05, 3.63) is 47.5 Å². The summed E-state index contributed by atoms with van der Waals surface area (Å²) in [6.07, 6.45) is 3.06. The van der Waals surface area contributed by atoms with Crippen molar-refractivity contribution in [1.29, 1.82) is 0 Å². The molecular weight excluding hydrogens is 384 g/mol. The van der Waals surface area contributed by atoms with Crippen molar-refractivity contribution in [2.24, 2.45) is 0 Å². The molecule has 6 heteroatoms. The van der Waals surface area contributed by atoms with E-state index < -0.39 is 11.7 Å². The average Bonchev–Trinajstić information content (AvgIpc) is 3.06. The number of hydrogen-bond donors (Lipinski definition) is 4. The van der Waals surface area contributed by atoms with Gasteiger partial charge in [0.05, 0.1) is 6.10 Å². The van der Waals surface area contributed by atoms with Crippen LogP contribution in [0.1, 0.15) is 39.2 Å². The quantitative estimate of drug-likeness (QED) is 0.451. The van der Waals surface area contributed by atoms with Gasteiger partial charge in [-0.15, -0.1) is 0 Å². The smallest absolute Gasteiger partial charge is 0.166 e. The number of hydrogen-bond acceptors (Lipinski definition) is 6. The van der Waals surface area contributed by atoms with Crippen molar-refractivity contribution in [1.82, 2.24) is 0 Å². The maximum atomic E-state index is 10.9. The van der Waals surface area contributed by atoms with Gasteiger partial charge in [-0.05, 0) is 51.8 Å². The number of rotatable bonds is 4. The molecule has 0 fully saturated rings. The molecule has 1 aliphatic rings. The van der Waals surface area contributed by atoms with Gasteiger partial charge in [0.1, 0.15) is 28.4 Å². The van der Waals surface area contributed by atoms with Crippen LogP contribution in [0.3, 0.4) is 0 Å². The third-order valence-electron chi connectivity index (χ3n) is 5.68. The van der Waals surface area contributed by atoms with E-state index in [0.717, 1.165) is 6.42 Å². The van der Waals surface area contributed by atoms with Gasteiger partial charge in [-0.1, -0.05) is 11.6 Å². The monoisotopic (exact) mass is 410 g/mol. The van der Waals surface area contributed by atoms with Crippen molar-refractivity contribution in [3.63, 3.8) is 0 Å². The normalized spacial score (nSPS) is 20.6. The average molecular weight is 410 g/mol. The van der Waals surface area contributed by atoms with Crippen LogP contribution < -0.4 is 4.74 Å². The van der Waals surface area contributed by atoms with Crippen molar-refractivity contribution >= 4 is 11.0 Å². The highest BCUT2D eigenvalue weighted by Crippen LogP contribution is 2.47. The minimum absolute atomic E-state index is 0.0440. The van der Waals surface area contributed by atoms with Crippen molar-refractivity contribution in [2.45, 2.75) is 51.7 Å². The molecular formula is C24H26O6. The zero-order chi connectivity index (χ0) is 21.6. The first-order valence-corrected chi connectivity index (χ1v) is 9.98. The molecule has 0 bridgehead atoms. The lowest BCUT2D eigenvalue weighted by Crippen LogP contribution is -2.48. The Kier molecular flexibility index (Phi) is 4.90. The van der Waals surface area contributed by atoms with Crippen LogP contribution in [0.25, 0.3) is 22.3 Å². The predicted molar refractivity (Wildman–Crippen MR) is 114 cm³/mol. The molecule has 0 saturated carbocycles. The van der Waals surface area contributed by atoms with Crippen LogP contribution in [0.2, 0.25) is 0 Å². The van der Waals surface area contributed by atoms with E-state index >= 15 is 0 Å². The number of allylic oxidation sites excluding steroid dienone is 2. The molecule has 0 unspecified atom stereocenters. The molecule has 2 heterocycles. The molecule has 0 saturated heterocycles. The number of aliphatic hydroxyl groups excluding tert-OH is 1. The summed E-state index contributed by atoms with van der Waals surface area (Å²) in [7, 11) is 0. The first kappa shape index (κ1) is 20.2. The second-order valence-corrected chi connectivity index (χ2v) is 8.42. The number of furan rings is 1. The Morgan fingerprint density at radius 1 is 1.10 bits per heavy atom. The summed E-state index contributed by atoms with van der Waals surface area (Å²) in [6, 6.07) is 7.46. The van der Waals surface area contributed by atoms with Gasteiger partial charge in [-0.3, -0.25) is 0 Å². The second kappa shape index (κ2) is 7.29. The molecule has 4 N–H and O–H groups in total. The van der Waals surface area contributed by atoms with Crippen LogP contribution in [-0.2, 0) is 6.42 Å². The van der Waals surface area contributed by atoms with Gasteiger partial charge in [0.25, 0.3) is 0 Å². The van der Waals surface area contributed by atoms with Crippen molar-refractivity contribution < 1.29 is 29.6 Å². The van der Waals surface area contributed by atoms with Crippen LogP contribution in [0.4, 0.5) is 0 Å². The van der Waals surface area contributed by atoms with Crippen molar-refractivity contribution in [2.75, 3.05) is 0 Å². The number of benzene rings is 2. The van der Waals surface area contributed by atoms with Gasteiger partial charge in [0, 0.05) is 35.1 Å². The molecule has 3 aromatic rings. The maximum absolute atomic E-state index is 10.9. The standard InChI is InChI=1S/C24H26O6/c1-13(2)5-4-6-24(3)22(28)11-18-17-10-20(14-7-15(25)9-16(26)8-14)29-21(17)12-19(27)23(18)30-24/h5,7-10,12,22,25-28H,4,6,11H2,1-3H3/t22-,24-/m0/s1. The van der Waals surface area contributed by atoms with Crippen LogP contribution in [0.15, 0.2) is 46.4 Å². The van der Waals surface area contributed by atoms with Gasteiger partial charge < -0.3 is 29.6 Å². The summed E-state index contributed by atoms with van der Waals surface area (Å²) in [5.41, 5.74) is 2.01. The molecule has 2 atom stereocenters. The first-order chi connectivity index (χ1) is 14.2. The molecule has 6 nitrogen and oxygen atoms in total. The minimum Gasteiger partial charge on any atom is -0.508 e. The van der Waals surface area contributed by atoms with E-state index in [-0.39, 0.29) is 17.2 Å². The van der Waals surface area contributed by atoms with Gasteiger partial charge in [-0.2, -0.15) is 0 Å². The van der Waals surface area contributed by atoms with E-state index in [1.807, 2.05) is 20.8 Å². The van der Waals surface area contributed by atoms with E-state index in [4.69, 9.17) is 9.15 Å².